The summed E-state index contributed by atoms with van der Waals surface area (Å²) in [7, 11) is 1.93. The minimum atomic E-state index is 0.532. The fraction of sp³-hybridized carbons (Fsp3) is 0.385. The molecular weight excluding hydrogens is 254 g/mol. The van der Waals surface area contributed by atoms with Crippen LogP contribution in [0.4, 0.5) is 5.82 Å². The van der Waals surface area contributed by atoms with Gasteiger partial charge >= 0.3 is 0 Å². The Morgan fingerprint density at radius 2 is 1.95 bits per heavy atom. The van der Waals surface area contributed by atoms with Crippen molar-refractivity contribution in [3.63, 3.8) is 0 Å². The second kappa shape index (κ2) is 4.29. The lowest BCUT2D eigenvalue weighted by Gasteiger charge is -2.07. The fourth-order valence-electron chi connectivity index (χ4n) is 2.46. The Balaban J connectivity index is 2.25. The molecule has 2 N–H and O–H groups in total. The molecule has 3 aromatic heterocycles. The molecule has 3 aromatic rings. The molecule has 0 aromatic carbocycles. The Morgan fingerprint density at radius 3 is 2.60 bits per heavy atom. The highest BCUT2D eigenvalue weighted by molar-refractivity contribution is 5.91. The van der Waals surface area contributed by atoms with Crippen LogP contribution in [-0.4, -0.2) is 29.3 Å². The molecule has 7 nitrogen and oxygen atoms in total. The molecule has 104 valence electrons. The third-order valence-electron chi connectivity index (χ3n) is 3.71. The molecule has 3 rings (SSSR count). The molecule has 0 bridgehead atoms. The van der Waals surface area contributed by atoms with Crippen molar-refractivity contribution in [2.45, 2.75) is 27.3 Å². The van der Waals surface area contributed by atoms with Crippen LogP contribution in [0, 0.1) is 20.8 Å². The standard InChI is InChI=1S/C13H17N7/c1-7-8(2)20(5-10-18-15-6-19(10)4)13-11(7)12(14)16-9(3)17-13/h6H,5H2,1-4H3,(H2,14,16,17). The number of nitrogen functional groups attached to an aromatic ring is 1. The van der Waals surface area contributed by atoms with Gasteiger partial charge in [-0.1, -0.05) is 0 Å². The molecule has 0 unspecified atom stereocenters. The first-order valence-corrected chi connectivity index (χ1v) is 6.41. The molecule has 0 aliphatic heterocycles. The molecule has 0 radical (unpaired) electrons. The number of nitrogens with two attached hydrogens (primary N) is 1. The van der Waals surface area contributed by atoms with E-state index in [0.717, 1.165) is 28.1 Å². The van der Waals surface area contributed by atoms with Crippen LogP contribution < -0.4 is 5.73 Å². The third kappa shape index (κ3) is 1.74. The topological polar surface area (TPSA) is 87.4 Å². The molecule has 0 amide bonds. The van der Waals surface area contributed by atoms with Crippen molar-refractivity contribution in [3.8, 4) is 0 Å². The van der Waals surface area contributed by atoms with Gasteiger partial charge < -0.3 is 14.9 Å². The highest BCUT2D eigenvalue weighted by atomic mass is 15.3. The van der Waals surface area contributed by atoms with Gasteiger partial charge in [-0.2, -0.15) is 0 Å². The van der Waals surface area contributed by atoms with Gasteiger partial charge in [0.05, 0.1) is 11.9 Å². The quantitative estimate of drug-likeness (QED) is 0.754. The maximum Gasteiger partial charge on any atom is 0.152 e. The summed E-state index contributed by atoms with van der Waals surface area (Å²) in [6.07, 6.45) is 1.69. The smallest absolute Gasteiger partial charge is 0.152 e. The second-order valence-corrected chi connectivity index (χ2v) is 5.01. The van der Waals surface area contributed by atoms with E-state index in [4.69, 9.17) is 5.73 Å². The van der Waals surface area contributed by atoms with Crippen molar-refractivity contribution in [1.82, 2.24) is 29.3 Å². The Labute approximate surface area is 116 Å². The van der Waals surface area contributed by atoms with Gasteiger partial charge in [-0.3, -0.25) is 0 Å². The zero-order valence-corrected chi connectivity index (χ0v) is 12.0. The summed E-state index contributed by atoms with van der Waals surface area (Å²) < 4.78 is 4.01. The van der Waals surface area contributed by atoms with E-state index in [1.807, 2.05) is 25.5 Å². The molecular formula is C13H17N7. The summed E-state index contributed by atoms with van der Waals surface area (Å²) in [5.41, 5.74) is 9.13. The van der Waals surface area contributed by atoms with E-state index in [9.17, 15) is 0 Å². The second-order valence-electron chi connectivity index (χ2n) is 5.01. The summed E-state index contributed by atoms with van der Waals surface area (Å²) in [6.45, 7) is 6.56. The maximum absolute atomic E-state index is 6.05. The van der Waals surface area contributed by atoms with E-state index in [1.54, 1.807) is 6.33 Å². The number of aromatic nitrogens is 6. The average molecular weight is 271 g/mol. The predicted octanol–water partition coefficient (Wildman–Crippen LogP) is 1.12. The van der Waals surface area contributed by atoms with Crippen molar-refractivity contribution < 1.29 is 0 Å². The average Bonchev–Trinajstić information content (AvgIpc) is 2.87. The number of anilines is 1. The van der Waals surface area contributed by atoms with Crippen LogP contribution in [0.2, 0.25) is 0 Å². The van der Waals surface area contributed by atoms with E-state index in [2.05, 4.69) is 31.7 Å². The van der Waals surface area contributed by atoms with Crippen molar-refractivity contribution >= 4 is 16.9 Å². The van der Waals surface area contributed by atoms with Crippen LogP contribution in [0.25, 0.3) is 11.0 Å². The van der Waals surface area contributed by atoms with E-state index < -0.39 is 0 Å². The Morgan fingerprint density at radius 1 is 1.20 bits per heavy atom. The van der Waals surface area contributed by atoms with E-state index in [-0.39, 0.29) is 0 Å². The molecule has 3 heterocycles. The monoisotopic (exact) mass is 271 g/mol. The minimum Gasteiger partial charge on any atom is -0.383 e. The summed E-state index contributed by atoms with van der Waals surface area (Å²) in [4.78, 5) is 8.79. The molecule has 0 atom stereocenters. The first-order valence-electron chi connectivity index (χ1n) is 6.41. The fourth-order valence-corrected chi connectivity index (χ4v) is 2.46. The van der Waals surface area contributed by atoms with Crippen LogP contribution in [0.15, 0.2) is 6.33 Å². The number of hydrogen-bond donors (Lipinski definition) is 1. The minimum absolute atomic E-state index is 0.532. The maximum atomic E-state index is 6.05. The number of aryl methyl sites for hydroxylation is 3. The normalized spacial score (nSPS) is 11.4. The predicted molar refractivity (Wildman–Crippen MR) is 76.3 cm³/mol. The summed E-state index contributed by atoms with van der Waals surface area (Å²) in [6, 6.07) is 0. The van der Waals surface area contributed by atoms with Crippen LogP contribution in [0.3, 0.4) is 0 Å². The summed E-state index contributed by atoms with van der Waals surface area (Å²) in [5, 5.41) is 8.97. The zero-order valence-electron chi connectivity index (χ0n) is 12.0. The van der Waals surface area contributed by atoms with Gasteiger partial charge in [-0.05, 0) is 26.3 Å². The lowest BCUT2D eigenvalue weighted by atomic mass is 10.2. The van der Waals surface area contributed by atoms with Crippen LogP contribution in [0.5, 0.6) is 0 Å². The van der Waals surface area contributed by atoms with E-state index in [1.165, 1.54) is 0 Å². The van der Waals surface area contributed by atoms with Gasteiger partial charge in [0.15, 0.2) is 5.82 Å². The van der Waals surface area contributed by atoms with Gasteiger partial charge in [0.25, 0.3) is 0 Å². The number of nitrogens with zero attached hydrogens (tertiary/aromatic N) is 6. The van der Waals surface area contributed by atoms with Gasteiger partial charge in [0.2, 0.25) is 0 Å². The van der Waals surface area contributed by atoms with Gasteiger partial charge in [-0.25, -0.2) is 9.97 Å². The van der Waals surface area contributed by atoms with Crippen LogP contribution in [0.1, 0.15) is 22.9 Å². The Hall–Kier alpha value is -2.44. The third-order valence-corrected chi connectivity index (χ3v) is 3.71. The van der Waals surface area contributed by atoms with Crippen LogP contribution in [-0.2, 0) is 13.6 Å². The Kier molecular flexibility index (Phi) is 2.70. The van der Waals surface area contributed by atoms with Gasteiger partial charge in [0.1, 0.15) is 23.6 Å². The van der Waals surface area contributed by atoms with Crippen molar-refractivity contribution in [1.29, 1.82) is 0 Å². The molecule has 0 saturated heterocycles. The molecule has 0 aliphatic rings. The Bertz CT molecular complexity index is 797. The first kappa shape index (κ1) is 12.6. The number of rotatable bonds is 2. The van der Waals surface area contributed by atoms with Crippen molar-refractivity contribution in [3.05, 3.63) is 29.2 Å². The van der Waals surface area contributed by atoms with Gasteiger partial charge in [0, 0.05) is 12.7 Å². The summed E-state index contributed by atoms with van der Waals surface area (Å²) in [5.74, 6) is 2.08. The number of fused-ring (bicyclic) bond motifs is 1. The van der Waals surface area contributed by atoms with E-state index in [0.29, 0.717) is 18.2 Å². The first-order chi connectivity index (χ1) is 9.49. The summed E-state index contributed by atoms with van der Waals surface area (Å²) >= 11 is 0. The molecule has 0 spiro atoms. The zero-order chi connectivity index (χ0) is 14.4. The van der Waals surface area contributed by atoms with E-state index >= 15 is 0 Å². The highest BCUT2D eigenvalue weighted by Gasteiger charge is 2.17. The largest absolute Gasteiger partial charge is 0.383 e. The molecule has 20 heavy (non-hydrogen) atoms. The lowest BCUT2D eigenvalue weighted by molar-refractivity contribution is 0.695. The molecule has 7 heteroatoms. The molecule has 0 saturated carbocycles. The van der Waals surface area contributed by atoms with Gasteiger partial charge in [-0.15, -0.1) is 10.2 Å². The van der Waals surface area contributed by atoms with Crippen LogP contribution >= 0.6 is 0 Å². The number of hydrogen-bond acceptors (Lipinski definition) is 5. The van der Waals surface area contributed by atoms with Crippen molar-refractivity contribution in [2.24, 2.45) is 7.05 Å². The SMILES string of the molecule is Cc1nc(N)c2c(C)c(C)n(Cc3nncn3C)c2n1. The molecule has 0 aliphatic carbocycles. The molecule has 0 fully saturated rings. The lowest BCUT2D eigenvalue weighted by Crippen LogP contribution is -2.08. The van der Waals surface area contributed by atoms with Crippen molar-refractivity contribution in [2.75, 3.05) is 5.73 Å². The highest BCUT2D eigenvalue weighted by Crippen LogP contribution is 2.28.